The number of halogens is 1. The Morgan fingerprint density at radius 1 is 1.06 bits per heavy atom. The zero-order chi connectivity index (χ0) is 22.8. The summed E-state index contributed by atoms with van der Waals surface area (Å²) in [6, 6.07) is 16.3. The van der Waals surface area contributed by atoms with Gasteiger partial charge in [-0.25, -0.2) is 14.4 Å². The second-order valence-corrected chi connectivity index (χ2v) is 8.98. The van der Waals surface area contributed by atoms with E-state index in [1.165, 1.54) is 18.0 Å². The molecule has 2 saturated heterocycles. The van der Waals surface area contributed by atoms with Crippen LogP contribution in [0.4, 0.5) is 15.9 Å². The maximum Gasteiger partial charge on any atom is 0.221 e. The molecule has 2 bridgehead atoms. The predicted molar refractivity (Wildman–Crippen MR) is 125 cm³/mol. The summed E-state index contributed by atoms with van der Waals surface area (Å²) in [6.07, 6.45) is 3.27. The minimum absolute atomic E-state index is 0.0495. The van der Waals surface area contributed by atoms with Crippen LogP contribution in [0, 0.1) is 19.7 Å². The van der Waals surface area contributed by atoms with E-state index in [9.17, 15) is 4.39 Å². The second-order valence-electron chi connectivity index (χ2n) is 8.98. The fourth-order valence-corrected chi connectivity index (χ4v) is 4.77. The number of aryl methyl sites for hydroxylation is 1. The monoisotopic (exact) mass is 448 g/mol. The molecule has 3 atom stereocenters. The lowest BCUT2D eigenvalue weighted by molar-refractivity contribution is -0.104. The van der Waals surface area contributed by atoms with Crippen LogP contribution in [0.15, 0.2) is 54.9 Å². The molecular formula is C26H29FN4O2. The molecule has 2 fully saturated rings. The van der Waals surface area contributed by atoms with Crippen molar-refractivity contribution in [1.82, 2.24) is 14.9 Å². The van der Waals surface area contributed by atoms with Crippen LogP contribution in [0.2, 0.25) is 0 Å². The number of anilines is 2. The molecule has 1 unspecified atom stereocenters. The highest BCUT2D eigenvalue weighted by Gasteiger charge is 2.40. The van der Waals surface area contributed by atoms with Crippen molar-refractivity contribution in [1.29, 1.82) is 0 Å². The number of benzene rings is 2. The van der Waals surface area contributed by atoms with E-state index in [0.29, 0.717) is 42.7 Å². The maximum absolute atomic E-state index is 14.3. The number of nitrogens with zero attached hydrogens (tertiary/aromatic N) is 3. The lowest BCUT2D eigenvalue weighted by Crippen LogP contribution is -2.58. The average molecular weight is 449 g/mol. The van der Waals surface area contributed by atoms with Gasteiger partial charge in [0.05, 0.1) is 24.5 Å². The van der Waals surface area contributed by atoms with Gasteiger partial charge in [-0.3, -0.25) is 4.90 Å². The molecule has 172 valence electrons. The van der Waals surface area contributed by atoms with Crippen LogP contribution in [-0.4, -0.2) is 46.3 Å². The second kappa shape index (κ2) is 9.45. The van der Waals surface area contributed by atoms with E-state index in [1.807, 2.05) is 26.0 Å². The van der Waals surface area contributed by atoms with Gasteiger partial charge in [0, 0.05) is 31.5 Å². The minimum Gasteiger partial charge on any atom is -0.474 e. The third-order valence-electron chi connectivity index (χ3n) is 6.53. The van der Waals surface area contributed by atoms with Gasteiger partial charge in [0.1, 0.15) is 24.1 Å². The zero-order valence-electron chi connectivity index (χ0n) is 19.0. The number of morpholine rings is 1. The number of piperidine rings is 1. The maximum atomic E-state index is 14.3. The molecule has 1 aromatic heterocycles. The lowest BCUT2D eigenvalue weighted by atomic mass is 9.91. The molecule has 6 nitrogen and oxygen atoms in total. The van der Waals surface area contributed by atoms with Gasteiger partial charge in [-0.2, -0.15) is 0 Å². The van der Waals surface area contributed by atoms with Crippen molar-refractivity contribution in [2.24, 2.45) is 0 Å². The molecule has 2 aliphatic heterocycles. The lowest BCUT2D eigenvalue weighted by Gasteiger charge is -2.48. The van der Waals surface area contributed by atoms with E-state index in [0.717, 1.165) is 30.5 Å². The molecular weight excluding hydrogens is 419 g/mol. The molecule has 2 aliphatic rings. The fraction of sp³-hybridized carbons (Fsp3) is 0.385. The topological polar surface area (TPSA) is 59.5 Å². The zero-order valence-corrected chi connectivity index (χ0v) is 19.0. The summed E-state index contributed by atoms with van der Waals surface area (Å²) in [6.45, 7) is 6.12. The molecule has 0 radical (unpaired) electrons. The molecule has 3 aromatic rings. The molecule has 7 heteroatoms. The van der Waals surface area contributed by atoms with Crippen LogP contribution in [0.3, 0.4) is 0 Å². The summed E-state index contributed by atoms with van der Waals surface area (Å²) in [7, 11) is 0. The van der Waals surface area contributed by atoms with Gasteiger partial charge < -0.3 is 14.8 Å². The van der Waals surface area contributed by atoms with Crippen molar-refractivity contribution in [2.75, 3.05) is 18.5 Å². The van der Waals surface area contributed by atoms with E-state index in [-0.39, 0.29) is 11.9 Å². The third-order valence-corrected chi connectivity index (χ3v) is 6.53. The Balaban J connectivity index is 1.28. The van der Waals surface area contributed by atoms with Crippen LogP contribution in [0.5, 0.6) is 5.88 Å². The Kier molecular flexibility index (Phi) is 6.24. The minimum atomic E-state index is -0.311. The predicted octanol–water partition coefficient (Wildman–Crippen LogP) is 4.79. The van der Waals surface area contributed by atoms with Gasteiger partial charge in [-0.05, 0) is 37.1 Å². The summed E-state index contributed by atoms with van der Waals surface area (Å²) in [4.78, 5) is 11.2. The van der Waals surface area contributed by atoms with Crippen LogP contribution in [-0.2, 0) is 11.3 Å². The third kappa shape index (κ3) is 4.84. The van der Waals surface area contributed by atoms with Gasteiger partial charge in [0.25, 0.3) is 0 Å². The van der Waals surface area contributed by atoms with Crippen molar-refractivity contribution < 1.29 is 13.9 Å². The summed E-state index contributed by atoms with van der Waals surface area (Å²) < 4.78 is 26.6. The summed E-state index contributed by atoms with van der Waals surface area (Å²) in [5.41, 5.74) is 3.34. The Morgan fingerprint density at radius 2 is 1.82 bits per heavy atom. The van der Waals surface area contributed by atoms with Crippen molar-refractivity contribution in [3.8, 4) is 5.88 Å². The molecule has 1 N–H and O–H groups in total. The average Bonchev–Trinajstić information content (AvgIpc) is 2.79. The highest BCUT2D eigenvalue weighted by Crippen LogP contribution is 2.33. The highest BCUT2D eigenvalue weighted by molar-refractivity contribution is 5.61. The Bertz CT molecular complexity index is 1100. The molecule has 0 amide bonds. The quantitative estimate of drug-likeness (QED) is 0.585. The van der Waals surface area contributed by atoms with Crippen molar-refractivity contribution in [2.45, 2.75) is 51.4 Å². The number of hydrogen-bond donors (Lipinski definition) is 1. The summed E-state index contributed by atoms with van der Waals surface area (Å²) in [5.74, 6) is 0.780. The first-order chi connectivity index (χ1) is 16.1. The van der Waals surface area contributed by atoms with E-state index in [1.54, 1.807) is 6.07 Å². The number of fused-ring (bicyclic) bond motifs is 2. The van der Waals surface area contributed by atoms with E-state index in [2.05, 4.69) is 44.5 Å². The highest BCUT2D eigenvalue weighted by atomic mass is 19.1. The van der Waals surface area contributed by atoms with E-state index < -0.39 is 0 Å². The Hall–Kier alpha value is -3.03. The Labute approximate surface area is 193 Å². The molecule has 33 heavy (non-hydrogen) atoms. The smallest absolute Gasteiger partial charge is 0.221 e. The van der Waals surface area contributed by atoms with Gasteiger partial charge in [0.2, 0.25) is 5.88 Å². The summed E-state index contributed by atoms with van der Waals surface area (Å²) >= 11 is 0. The van der Waals surface area contributed by atoms with Gasteiger partial charge in [-0.1, -0.05) is 36.4 Å². The molecule has 3 heterocycles. The number of rotatable bonds is 6. The SMILES string of the molecule is Cc1ccc(Nc2ncnc(O[C@@H]3CC4COC[C@@H](C3)N4Cc3ccccc3)c2C)c(F)c1. The Morgan fingerprint density at radius 3 is 2.55 bits per heavy atom. The molecule has 0 saturated carbocycles. The number of ether oxygens (including phenoxy) is 2. The first kappa shape index (κ1) is 21.8. The van der Waals surface area contributed by atoms with Crippen molar-refractivity contribution >= 4 is 11.5 Å². The fourth-order valence-electron chi connectivity index (χ4n) is 4.77. The number of hydrogen-bond acceptors (Lipinski definition) is 6. The standard InChI is InChI=1S/C26H29FN4O2/c1-17-8-9-24(23(27)10-17)30-25-18(2)26(29-16-28-25)33-22-11-20-14-32-15-21(12-22)31(20)13-19-6-4-3-5-7-19/h3-10,16,20-22H,11-15H2,1-2H3,(H,28,29,30)/t20-,21?,22+/m1/s1. The largest absolute Gasteiger partial charge is 0.474 e. The number of nitrogens with one attached hydrogen (secondary N) is 1. The molecule has 0 spiro atoms. The van der Waals surface area contributed by atoms with Gasteiger partial charge in [-0.15, -0.1) is 0 Å². The van der Waals surface area contributed by atoms with Crippen LogP contribution < -0.4 is 10.1 Å². The van der Waals surface area contributed by atoms with Crippen molar-refractivity contribution in [3.63, 3.8) is 0 Å². The normalized spacial score (nSPS) is 22.7. The van der Waals surface area contributed by atoms with Crippen LogP contribution >= 0.6 is 0 Å². The molecule has 2 aromatic carbocycles. The van der Waals surface area contributed by atoms with Crippen LogP contribution in [0.1, 0.15) is 29.5 Å². The van der Waals surface area contributed by atoms with Crippen LogP contribution in [0.25, 0.3) is 0 Å². The van der Waals surface area contributed by atoms with Gasteiger partial charge in [0.15, 0.2) is 0 Å². The van der Waals surface area contributed by atoms with Crippen molar-refractivity contribution in [3.05, 3.63) is 77.4 Å². The van der Waals surface area contributed by atoms with E-state index in [4.69, 9.17) is 9.47 Å². The van der Waals surface area contributed by atoms with E-state index >= 15 is 0 Å². The first-order valence-corrected chi connectivity index (χ1v) is 11.5. The molecule has 0 aliphatic carbocycles. The first-order valence-electron chi connectivity index (χ1n) is 11.5. The molecule has 5 rings (SSSR count). The summed E-state index contributed by atoms with van der Waals surface area (Å²) in [5, 5.41) is 3.09. The number of aromatic nitrogens is 2. The van der Waals surface area contributed by atoms with Gasteiger partial charge >= 0.3 is 0 Å².